The third-order valence-electron chi connectivity index (χ3n) is 24.6. The fourth-order valence-corrected chi connectivity index (χ4v) is 15.7. The molecular weight excluding hydrogens is 1340 g/mol. The Labute approximate surface area is 657 Å². The Morgan fingerprint density at radius 3 is 1.08 bits per heavy atom. The fraction of sp³-hybridized carbons (Fsp3) is 0.943. The number of nitrogens with two attached hydrogens (primary N) is 8. The summed E-state index contributed by atoms with van der Waals surface area (Å²) in [7, 11) is 0. The SMILES string of the molecule is C.CC(C)C(=O)CC[C@H]1CC[C@@H](N)C1.CC(C)C(=O)NC[C@@H]1CC(C(C)(C)N)CN1.CC(C)C(=O)NC[C@H]1CC[C@@H](CN)C1.CC(C)C(=O)NC[C@H]1CC[C@H](CN)C1.CC(C)C(C)(C)C(=O)CC[C@H]1CC[C@@H](N)C1.CC(C)OC[C@H]1CC[C@@H](CN)C1.CC(C)OC[C@H]1CC[C@H](CN)C1.CC[C@H]1CC[C@@H](ON)C1. The van der Waals surface area contributed by atoms with Gasteiger partial charge in [0.15, 0.2) is 0 Å². The number of carbonyl (C=O) groups is 5. The predicted octanol–water partition coefficient (Wildman–Crippen LogP) is 13.7. The molecule has 20 N–H and O–H groups in total. The van der Waals surface area contributed by atoms with Crippen LogP contribution >= 0.6 is 0 Å². The second-order valence-corrected chi connectivity index (χ2v) is 37.2. The maximum Gasteiger partial charge on any atom is 0.222 e. The van der Waals surface area contributed by atoms with Crippen LogP contribution in [0.5, 0.6) is 0 Å². The molecule has 8 rings (SSSR count). The first kappa shape index (κ1) is 104. The highest BCUT2D eigenvalue weighted by Gasteiger charge is 2.35. The minimum Gasteiger partial charge on any atom is -0.379 e. The first-order chi connectivity index (χ1) is 49.8. The molecule has 0 aromatic heterocycles. The molecule has 1 heterocycles. The standard InChI is InChI=1S/C14H27NO.C12H25N3O.2C11H22N2O.C11H21NO.2C10H21NO.C7H15NO.CH4/c1-10(2)14(3,4)13(16)8-6-11-5-7-12(15)9-11;1-8(2)11(16)15-7-10-5-9(6-14-10)12(3,4)13;2*1-8(2)11(14)13-7-10-4-3-9(5-10)6-12;1-8(2)11(13)6-4-9-3-5-10(12)7-9;2*1-8(2)12-7-10-4-3-9(5-10)6-11;1-2-6-3-4-7(5-6)9-8;/h10-12H,5-9,15H2,1-4H3;8-10,14H,5-7,13H2,1-4H3,(H,15,16);2*8-10H,3-7,12H2,1-2H3,(H,13,14);8-10H,3-7,12H2,1-2H3;2*8-10H,3-7,11H2,1-2H3;6-7H,2-5,8H2,1H3;1H4/t11-,12-;9?,10-;9-,10+;2*9-,10-;9-,10+;9-,10-;6-,7+;/m10101100./s1. The topological polar surface area (TPSA) is 369 Å². The first-order valence-corrected chi connectivity index (χ1v) is 43.1. The number of nitrogens with one attached hydrogen (secondary N) is 4. The van der Waals surface area contributed by atoms with Gasteiger partial charge >= 0.3 is 0 Å². The maximum atomic E-state index is 12.1. The smallest absolute Gasteiger partial charge is 0.222 e. The average Bonchev–Trinajstić information content (AvgIpc) is 1.74. The number of amides is 3. The van der Waals surface area contributed by atoms with Crippen LogP contribution in [0.3, 0.4) is 0 Å². The van der Waals surface area contributed by atoms with Gasteiger partial charge in [0.25, 0.3) is 0 Å². The summed E-state index contributed by atoms with van der Waals surface area (Å²) >= 11 is 0. The molecule has 0 aromatic rings. The summed E-state index contributed by atoms with van der Waals surface area (Å²) < 4.78 is 11.2. The highest BCUT2D eigenvalue weighted by atomic mass is 16.6. The van der Waals surface area contributed by atoms with Crippen molar-refractivity contribution in [2.45, 2.75) is 354 Å². The highest BCUT2D eigenvalue weighted by molar-refractivity contribution is 5.84. The Morgan fingerprint density at radius 2 is 0.794 bits per heavy atom. The summed E-state index contributed by atoms with van der Waals surface area (Å²) in [4.78, 5) is 62.3. The zero-order valence-corrected chi connectivity index (χ0v) is 71.8. The lowest BCUT2D eigenvalue weighted by Gasteiger charge is -2.28. The fourth-order valence-electron chi connectivity index (χ4n) is 15.7. The quantitative estimate of drug-likeness (QED) is 0.0287. The Kier molecular flexibility index (Phi) is 55.9. The van der Waals surface area contributed by atoms with Crippen LogP contribution in [-0.2, 0) is 38.3 Å². The number of ether oxygens (including phenoxy) is 2. The monoisotopic (exact) mass is 1520 g/mol. The molecule has 20 heteroatoms. The van der Waals surface area contributed by atoms with E-state index in [9.17, 15) is 24.0 Å². The van der Waals surface area contributed by atoms with Gasteiger partial charge in [-0.25, -0.2) is 5.90 Å². The molecule has 1 unspecified atom stereocenters. The van der Waals surface area contributed by atoms with E-state index >= 15 is 0 Å². The molecule has 3 amide bonds. The van der Waals surface area contributed by atoms with Gasteiger partial charge in [0.2, 0.25) is 17.7 Å². The third-order valence-corrected chi connectivity index (χ3v) is 24.6. The van der Waals surface area contributed by atoms with Crippen LogP contribution in [0.2, 0.25) is 0 Å². The summed E-state index contributed by atoms with van der Waals surface area (Å²) in [5.74, 6) is 15.8. The summed E-state index contributed by atoms with van der Waals surface area (Å²) in [6.45, 7) is 47.1. The summed E-state index contributed by atoms with van der Waals surface area (Å²) in [6.07, 6.45) is 32.8. The minimum absolute atomic E-state index is 0. The van der Waals surface area contributed by atoms with Crippen LogP contribution in [-0.4, -0.2) is 137 Å². The molecule has 16 atom stereocenters. The summed E-state index contributed by atoms with van der Waals surface area (Å²) in [6, 6.07) is 1.16. The lowest BCUT2D eigenvalue weighted by Crippen LogP contribution is -2.41. The van der Waals surface area contributed by atoms with E-state index in [4.69, 9.17) is 60.3 Å². The highest BCUT2D eigenvalue weighted by Crippen LogP contribution is 2.36. The van der Waals surface area contributed by atoms with Crippen LogP contribution in [0, 0.1) is 106 Å². The van der Waals surface area contributed by atoms with Gasteiger partial charge < -0.3 is 75.7 Å². The van der Waals surface area contributed by atoms with Crippen LogP contribution in [0.1, 0.15) is 312 Å². The zero-order chi connectivity index (χ0) is 80.3. The molecule has 0 bridgehead atoms. The number of hydrogen-bond donors (Lipinski definition) is 12. The van der Waals surface area contributed by atoms with E-state index in [0.29, 0.717) is 96.0 Å². The van der Waals surface area contributed by atoms with Crippen molar-refractivity contribution in [3.8, 4) is 0 Å². The molecule has 0 aromatic carbocycles. The van der Waals surface area contributed by atoms with E-state index in [1.54, 1.807) is 0 Å². The van der Waals surface area contributed by atoms with Crippen LogP contribution in [0.15, 0.2) is 0 Å². The molecule has 0 radical (unpaired) electrons. The third kappa shape index (κ3) is 46.9. The van der Waals surface area contributed by atoms with E-state index in [1.165, 1.54) is 109 Å². The van der Waals surface area contributed by atoms with Crippen LogP contribution in [0.25, 0.3) is 0 Å². The van der Waals surface area contributed by atoms with Crippen molar-refractivity contribution in [3.05, 3.63) is 0 Å². The van der Waals surface area contributed by atoms with Gasteiger partial charge in [-0.3, -0.25) is 24.0 Å². The molecule has 107 heavy (non-hydrogen) atoms. The number of ketones is 2. The maximum absolute atomic E-state index is 12.1. The Morgan fingerprint density at radius 1 is 0.439 bits per heavy atom. The van der Waals surface area contributed by atoms with Crippen molar-refractivity contribution in [2.75, 3.05) is 65.6 Å². The van der Waals surface area contributed by atoms with Gasteiger partial charge in [0.05, 0.1) is 18.3 Å². The molecule has 1 aliphatic heterocycles. The zero-order valence-electron chi connectivity index (χ0n) is 71.8. The normalized spacial score (nSPS) is 28.0. The largest absolute Gasteiger partial charge is 0.379 e. The Balaban J connectivity index is 0.00000120. The van der Waals surface area contributed by atoms with Crippen molar-refractivity contribution in [1.82, 2.24) is 21.3 Å². The second kappa shape index (κ2) is 57.3. The molecule has 20 nitrogen and oxygen atoms in total. The van der Waals surface area contributed by atoms with Gasteiger partial charge in [0, 0.05) is 105 Å². The Hall–Kier alpha value is -2.73. The predicted molar refractivity (Wildman–Crippen MR) is 449 cm³/mol. The van der Waals surface area contributed by atoms with Crippen molar-refractivity contribution < 1.29 is 38.3 Å². The minimum atomic E-state index is -0.166. The van der Waals surface area contributed by atoms with Gasteiger partial charge in [0.1, 0.15) is 11.6 Å². The van der Waals surface area contributed by atoms with Crippen molar-refractivity contribution in [3.63, 3.8) is 0 Å². The van der Waals surface area contributed by atoms with Crippen LogP contribution in [0.4, 0.5) is 0 Å². The van der Waals surface area contributed by atoms with E-state index in [1.807, 2.05) is 55.4 Å². The van der Waals surface area contributed by atoms with Gasteiger partial charge in [-0.1, -0.05) is 104 Å². The van der Waals surface area contributed by atoms with E-state index in [2.05, 4.69) is 97.4 Å². The van der Waals surface area contributed by atoms with Crippen LogP contribution < -0.4 is 67.3 Å². The Bertz CT molecular complexity index is 2220. The number of Topliss-reactive ketones (excluding diaryl/α,β-unsaturated/α-hetero) is 2. The molecule has 0 spiro atoms. The molecular formula is C87H178N12O8. The lowest BCUT2D eigenvalue weighted by molar-refractivity contribution is -0.129. The molecule has 7 aliphatic carbocycles. The molecule has 1 saturated heterocycles. The molecule has 634 valence electrons. The summed E-state index contributed by atoms with van der Waals surface area (Å²) in [5.41, 5.74) is 39.9. The van der Waals surface area contributed by atoms with Gasteiger partial charge in [-0.2, -0.15) is 0 Å². The van der Waals surface area contributed by atoms with E-state index in [0.717, 1.165) is 159 Å². The number of hydrogen-bond acceptors (Lipinski definition) is 17. The second-order valence-electron chi connectivity index (χ2n) is 37.2. The number of rotatable bonds is 31. The molecule has 7 saturated carbocycles. The van der Waals surface area contributed by atoms with Crippen molar-refractivity contribution in [1.29, 1.82) is 0 Å². The van der Waals surface area contributed by atoms with Gasteiger partial charge in [-0.05, 0) is 299 Å². The van der Waals surface area contributed by atoms with Crippen molar-refractivity contribution >= 4 is 29.3 Å². The van der Waals surface area contributed by atoms with E-state index < -0.39 is 0 Å². The van der Waals surface area contributed by atoms with Gasteiger partial charge in [-0.15, -0.1) is 0 Å². The average molecular weight is 1520 g/mol. The summed E-state index contributed by atoms with van der Waals surface area (Å²) in [5, 5.41) is 12.3. The molecule has 8 aliphatic rings. The van der Waals surface area contributed by atoms with Crippen molar-refractivity contribution in [2.24, 2.45) is 152 Å². The first-order valence-electron chi connectivity index (χ1n) is 43.1. The van der Waals surface area contributed by atoms with E-state index in [-0.39, 0.29) is 59.8 Å². The molecule has 8 fully saturated rings. The number of carbonyl (C=O) groups excluding carboxylic acids is 5. The lowest BCUT2D eigenvalue weighted by atomic mass is 9.75.